The Balaban J connectivity index is 1.26. The van der Waals surface area contributed by atoms with Gasteiger partial charge in [-0.25, -0.2) is 15.0 Å². The highest BCUT2D eigenvalue weighted by atomic mass is 32.2. The van der Waals surface area contributed by atoms with Crippen LogP contribution in [0.3, 0.4) is 0 Å². The molecule has 0 aromatic carbocycles. The van der Waals surface area contributed by atoms with Crippen LogP contribution in [0.2, 0.25) is 0 Å². The zero-order chi connectivity index (χ0) is 54.9. The molecule has 0 radical (unpaired) electrons. The van der Waals surface area contributed by atoms with E-state index in [-0.39, 0.29) is 43.0 Å². The fourth-order valence-electron chi connectivity index (χ4n) is 12.2. The van der Waals surface area contributed by atoms with Crippen molar-refractivity contribution >= 4 is 52.4 Å². The van der Waals surface area contributed by atoms with E-state index in [1.807, 2.05) is 77.2 Å². The van der Waals surface area contributed by atoms with Crippen molar-refractivity contribution < 1.29 is 62.5 Å². The Morgan fingerprint density at radius 1 is 0.960 bits per heavy atom. The number of likely N-dealkylation sites (N-methyl/N-ethyl adjacent to an activating group) is 1. The number of hydrogen-bond acceptors (Lipinski definition) is 21. The number of aliphatic hydroxyl groups is 2. The zero-order valence-electron chi connectivity index (χ0n) is 46.1. The van der Waals surface area contributed by atoms with Crippen molar-refractivity contribution in [2.45, 2.75) is 191 Å². The van der Waals surface area contributed by atoms with Crippen molar-refractivity contribution in [2.75, 3.05) is 45.1 Å². The summed E-state index contributed by atoms with van der Waals surface area (Å²) in [5.74, 6) is -4.31. The summed E-state index contributed by atoms with van der Waals surface area (Å²) in [6.07, 6.45) is -2.38. The average Bonchev–Trinajstić information content (AvgIpc) is 3.87. The lowest BCUT2D eigenvalue weighted by atomic mass is 9.70. The third kappa shape index (κ3) is 12.0. The van der Waals surface area contributed by atoms with E-state index in [9.17, 15) is 15.0 Å². The van der Waals surface area contributed by atoms with Crippen LogP contribution in [0.4, 0.5) is 11.8 Å². The number of carbonyl (C=O) groups excluding carboxylic acids is 3. The van der Waals surface area contributed by atoms with Crippen LogP contribution in [-0.2, 0) is 65.4 Å². The lowest BCUT2D eigenvalue weighted by Gasteiger charge is -2.50. The average molecular weight is 1070 g/mol. The monoisotopic (exact) mass is 1070 g/mol. The quantitative estimate of drug-likeness (QED) is 0.149. The molecule has 4 saturated heterocycles. The van der Waals surface area contributed by atoms with Crippen LogP contribution < -0.4 is 11.1 Å². The number of aryl methyl sites for hydroxylation is 1. The van der Waals surface area contributed by atoms with Crippen LogP contribution in [0, 0.1) is 29.6 Å². The van der Waals surface area contributed by atoms with Crippen molar-refractivity contribution in [2.24, 2.45) is 29.6 Å². The summed E-state index contributed by atoms with van der Waals surface area (Å²) >= 11 is 1.35. The van der Waals surface area contributed by atoms with Gasteiger partial charge in [-0.15, -0.1) is 11.8 Å². The summed E-state index contributed by atoms with van der Waals surface area (Å²) < 4.78 is 53.9. The number of carbonyl (C=O) groups is 3. The van der Waals surface area contributed by atoms with Gasteiger partial charge < -0.3 is 64.1 Å². The molecule has 3 aromatic heterocycles. The number of aromatic nitrogens is 5. The van der Waals surface area contributed by atoms with Crippen molar-refractivity contribution in [1.82, 2.24) is 29.4 Å². The molecule has 22 heteroatoms. The number of nitrogens with two attached hydrogens (primary N) is 1. The first-order chi connectivity index (χ1) is 35.4. The highest BCUT2D eigenvalue weighted by molar-refractivity contribution is 8.00. The zero-order valence-corrected chi connectivity index (χ0v) is 46.9. The number of thioether (sulfide) groups is 1. The van der Waals surface area contributed by atoms with Gasteiger partial charge in [0, 0.05) is 81.6 Å². The van der Waals surface area contributed by atoms with E-state index in [0.29, 0.717) is 42.4 Å². The van der Waals surface area contributed by atoms with Crippen LogP contribution in [0.1, 0.15) is 100 Å². The summed E-state index contributed by atoms with van der Waals surface area (Å²) in [7, 11) is 6.84. The second kappa shape index (κ2) is 23.9. The minimum atomic E-state index is -1.46. The minimum absolute atomic E-state index is 0.109. The molecule has 7 rings (SSSR count). The number of nitrogens with one attached hydrogen (secondary N) is 1. The number of rotatable bonds is 15. The number of Topliss-reactive ketones (excluding diaryl/α,β-unsaturated/α-hetero) is 1. The number of esters is 2. The second-order valence-electron chi connectivity index (χ2n) is 22.1. The molecule has 5 N–H and O–H groups in total. The molecule has 4 aliphatic rings. The number of imidazole rings is 1. The fourth-order valence-corrected chi connectivity index (χ4v) is 13.6. The maximum atomic E-state index is 15.3. The molecule has 0 aliphatic carbocycles. The molecule has 2 unspecified atom stereocenters. The van der Waals surface area contributed by atoms with Crippen molar-refractivity contribution in [3.8, 4) is 0 Å². The van der Waals surface area contributed by atoms with Crippen LogP contribution in [-0.4, -0.2) is 175 Å². The lowest BCUT2D eigenvalue weighted by molar-refractivity contribution is -0.319. The number of ether oxygens (including phenoxy) is 8. The molecule has 3 aromatic rings. The van der Waals surface area contributed by atoms with E-state index in [4.69, 9.17) is 48.6 Å². The maximum absolute atomic E-state index is 15.3. The van der Waals surface area contributed by atoms with Gasteiger partial charge in [0.1, 0.15) is 35.7 Å². The molecule has 0 saturated carbocycles. The molecular weight excluding hydrogens is 989 g/mol. The predicted molar refractivity (Wildman–Crippen MR) is 280 cm³/mol. The number of ketones is 1. The number of anilines is 2. The Labute approximate surface area is 445 Å². The summed E-state index contributed by atoms with van der Waals surface area (Å²) in [5, 5.41) is 25.6. The van der Waals surface area contributed by atoms with Gasteiger partial charge >= 0.3 is 11.9 Å². The predicted octanol–water partition coefficient (Wildman–Crippen LogP) is 4.79. The van der Waals surface area contributed by atoms with Gasteiger partial charge in [-0.3, -0.25) is 23.9 Å². The van der Waals surface area contributed by atoms with Gasteiger partial charge in [-0.1, -0.05) is 33.8 Å². The molecule has 75 heavy (non-hydrogen) atoms. The van der Waals surface area contributed by atoms with E-state index in [1.54, 1.807) is 47.2 Å². The third-order valence-electron chi connectivity index (χ3n) is 16.6. The van der Waals surface area contributed by atoms with Gasteiger partial charge in [-0.2, -0.15) is 0 Å². The van der Waals surface area contributed by atoms with Gasteiger partial charge in [0.2, 0.25) is 5.95 Å². The number of methoxy groups -OCH3 is 2. The Morgan fingerprint density at radius 3 is 2.33 bits per heavy atom. The number of cyclic esters (lactones) is 1. The molecule has 4 fully saturated rings. The van der Waals surface area contributed by atoms with E-state index in [0.717, 1.165) is 5.56 Å². The Bertz CT molecular complexity index is 2440. The first kappa shape index (κ1) is 58.6. The summed E-state index contributed by atoms with van der Waals surface area (Å²) in [6.45, 7) is 18.9. The largest absolute Gasteiger partial charge is 0.458 e. The SMILES string of the molecule is CC[C@H]1OC(=O)[C@H](C)[C@@H](O[C@H]2C[C@@](C)(OC)[C@@H](O)[C@@H](C)O2)[C@H](C)[C@@H](O[C@@H]2O[C@H](C)C[C@H](N(C)C)[C@H]2O)[C@](C)(OC)C[C@@H](C)C(=O)[C@H](C)C2C(SCCn3c(NCc4cccnc4)nc4c(N)ncnc43)C(=O)O[C@@]21C. The molecule has 0 bridgehead atoms. The van der Waals surface area contributed by atoms with Crippen molar-refractivity contribution in [3.63, 3.8) is 0 Å². The standard InChI is InChI=1S/C53H82N8O13S/c1-15-35-53(10)37(42(48(66)74-53)75-20-19-61-46-38(45(54)57-26-58-46)59-50(61)56-25-33-17-16-18-55-24-33)29(4)39(62)27(2)22-52(9,68-14)44(73-49-40(63)34(60(11)12)21-28(3)69-49)30(5)41(31(6)47(65)71-35)72-36-23-51(8,67-13)43(64)32(7)70-36/h16-18,24,26-32,34-37,40-44,49,63-64H,15,19-23,25H2,1-14H3,(H,56,59)(H2,54,57,58)/t27-,28-,29-,30+,31-,32-,34+,35-,36+,37?,40-,41+,42?,43+,44-,49+,51-,52-,53-/m1/s1. The van der Waals surface area contributed by atoms with Gasteiger partial charge in [0.25, 0.3) is 0 Å². The Hall–Kier alpha value is -4.10. The maximum Gasteiger partial charge on any atom is 0.320 e. The van der Waals surface area contributed by atoms with E-state index < -0.39 is 113 Å². The first-order valence-electron chi connectivity index (χ1n) is 26.3. The Kier molecular flexibility index (Phi) is 18.6. The lowest BCUT2D eigenvalue weighted by Crippen LogP contribution is -2.61. The smallest absolute Gasteiger partial charge is 0.320 e. The summed E-state index contributed by atoms with van der Waals surface area (Å²) in [5.41, 5.74) is 4.32. The molecule has 4 aliphatic heterocycles. The van der Waals surface area contributed by atoms with Crippen LogP contribution in [0.5, 0.6) is 0 Å². The van der Waals surface area contributed by atoms with Crippen molar-refractivity contribution in [3.05, 3.63) is 36.4 Å². The number of hydrogen-bond donors (Lipinski definition) is 4. The number of pyridine rings is 1. The number of nitrogens with zero attached hydrogens (tertiary/aromatic N) is 6. The molecule has 7 heterocycles. The molecule has 0 amide bonds. The highest BCUT2D eigenvalue weighted by Crippen LogP contribution is 2.50. The van der Waals surface area contributed by atoms with E-state index in [2.05, 4.69) is 20.3 Å². The number of aliphatic hydroxyl groups excluding tert-OH is 2. The minimum Gasteiger partial charge on any atom is -0.458 e. The van der Waals surface area contributed by atoms with Crippen LogP contribution >= 0.6 is 11.8 Å². The van der Waals surface area contributed by atoms with Gasteiger partial charge in [0.15, 0.2) is 35.2 Å². The summed E-state index contributed by atoms with van der Waals surface area (Å²) in [6, 6.07) is 3.48. The fraction of sp³-hybridized carbons (Fsp3) is 0.755. The van der Waals surface area contributed by atoms with Crippen LogP contribution in [0.25, 0.3) is 11.2 Å². The van der Waals surface area contributed by atoms with Gasteiger partial charge in [0.05, 0.1) is 41.5 Å². The van der Waals surface area contributed by atoms with Gasteiger partial charge in [-0.05, 0) is 86.5 Å². The first-order valence-corrected chi connectivity index (χ1v) is 27.4. The molecule has 21 nitrogen and oxygen atoms in total. The summed E-state index contributed by atoms with van der Waals surface area (Å²) in [4.78, 5) is 64.6. The second-order valence-corrected chi connectivity index (χ2v) is 23.4. The highest BCUT2D eigenvalue weighted by Gasteiger charge is 2.62. The van der Waals surface area contributed by atoms with E-state index >= 15 is 9.59 Å². The van der Waals surface area contributed by atoms with E-state index in [1.165, 1.54) is 25.2 Å². The molecule has 0 spiro atoms. The molecule has 19 atom stereocenters. The van der Waals surface area contributed by atoms with Crippen LogP contribution in [0.15, 0.2) is 30.9 Å². The molecular formula is C53H82N8O13S. The third-order valence-corrected chi connectivity index (χ3v) is 17.9. The topological polar surface area (TPSA) is 263 Å². The number of nitrogen functional groups attached to an aromatic ring is 1. The molecule has 418 valence electrons. The normalized spacial score (nSPS) is 39.2. The van der Waals surface area contributed by atoms with Crippen molar-refractivity contribution in [1.29, 1.82) is 0 Å². The Morgan fingerprint density at radius 2 is 1.68 bits per heavy atom. The number of fused-ring (bicyclic) bond motifs is 2.